The van der Waals surface area contributed by atoms with Gasteiger partial charge in [-0.15, -0.1) is 0 Å². The Hall–Kier alpha value is -0.830. The van der Waals surface area contributed by atoms with Crippen LogP contribution in [0.4, 0.5) is 11.4 Å². The summed E-state index contributed by atoms with van der Waals surface area (Å²) in [6, 6.07) is 11.7. The molecule has 0 aliphatic carbocycles. The lowest BCUT2D eigenvalue weighted by Gasteiger charge is -2.22. The lowest BCUT2D eigenvalue weighted by Crippen LogP contribution is -2.00. The number of hydrogen-bond acceptors (Lipinski definition) is 2. The zero-order valence-electron chi connectivity index (χ0n) is 8.13. The summed E-state index contributed by atoms with van der Waals surface area (Å²) < 4.78 is 0. The zero-order chi connectivity index (χ0) is 11.1. The van der Waals surface area contributed by atoms with Crippen LogP contribution in [0.1, 0.15) is 0 Å². The quantitative estimate of drug-likeness (QED) is 0.601. The topological polar surface area (TPSA) is 12.0 Å². The molecule has 0 bridgehead atoms. The number of halogens is 2. The van der Waals surface area contributed by atoms with Crippen molar-refractivity contribution >= 4 is 46.3 Å². The van der Waals surface area contributed by atoms with Gasteiger partial charge in [-0.3, -0.25) is 0 Å². The minimum absolute atomic E-state index is 0.718. The number of hydrogen-bond donors (Lipinski definition) is 1. The van der Waals surface area contributed by atoms with Gasteiger partial charge in [0.2, 0.25) is 0 Å². The van der Waals surface area contributed by atoms with Crippen LogP contribution in [0.2, 0.25) is 10.0 Å². The van der Waals surface area contributed by atoms with Crippen molar-refractivity contribution in [1.29, 1.82) is 0 Å². The maximum absolute atomic E-state index is 6.14. The second kappa shape index (κ2) is 3.88. The smallest absolute Gasteiger partial charge is 0.0716 e. The van der Waals surface area contributed by atoms with Gasteiger partial charge in [0.25, 0.3) is 0 Å². The Labute approximate surface area is 108 Å². The molecule has 2 aromatic carbocycles. The van der Waals surface area contributed by atoms with Crippen molar-refractivity contribution < 1.29 is 0 Å². The monoisotopic (exact) mass is 267 g/mol. The van der Waals surface area contributed by atoms with Crippen molar-refractivity contribution in [2.45, 2.75) is 9.79 Å². The zero-order valence-corrected chi connectivity index (χ0v) is 10.5. The molecule has 0 atom stereocenters. The highest BCUT2D eigenvalue weighted by Crippen LogP contribution is 2.48. The number of benzene rings is 2. The molecule has 1 heterocycles. The summed E-state index contributed by atoms with van der Waals surface area (Å²) in [6.07, 6.45) is 0. The van der Waals surface area contributed by atoms with E-state index in [0.717, 1.165) is 31.2 Å². The van der Waals surface area contributed by atoms with Crippen LogP contribution in [0.25, 0.3) is 0 Å². The molecule has 80 valence electrons. The molecular weight excluding hydrogens is 261 g/mol. The van der Waals surface area contributed by atoms with E-state index in [-0.39, 0.29) is 0 Å². The largest absolute Gasteiger partial charge is 0.351 e. The molecule has 1 nitrogen and oxygen atoms in total. The van der Waals surface area contributed by atoms with Crippen LogP contribution in [0.5, 0.6) is 0 Å². The lowest BCUT2D eigenvalue weighted by molar-refractivity contribution is 1.31. The molecule has 0 unspecified atom stereocenters. The Bertz CT molecular complexity index is 519. The molecule has 4 heteroatoms. The fourth-order valence-electron chi connectivity index (χ4n) is 1.66. The van der Waals surface area contributed by atoms with Crippen molar-refractivity contribution in [3.8, 4) is 0 Å². The summed E-state index contributed by atoms with van der Waals surface area (Å²) in [7, 11) is 0. The number of nitrogens with one attached hydrogen (secondary N) is 1. The van der Waals surface area contributed by atoms with Crippen LogP contribution < -0.4 is 5.32 Å². The molecule has 0 aromatic heterocycles. The molecule has 0 saturated carbocycles. The first-order valence-electron chi connectivity index (χ1n) is 4.77. The van der Waals surface area contributed by atoms with Crippen LogP contribution in [0, 0.1) is 0 Å². The highest BCUT2D eigenvalue weighted by Gasteiger charge is 2.19. The first kappa shape index (κ1) is 10.3. The van der Waals surface area contributed by atoms with Crippen molar-refractivity contribution in [2.75, 3.05) is 5.32 Å². The third-order valence-corrected chi connectivity index (χ3v) is 4.17. The average molecular weight is 268 g/mol. The second-order valence-electron chi connectivity index (χ2n) is 3.45. The van der Waals surface area contributed by atoms with E-state index < -0.39 is 0 Å². The van der Waals surface area contributed by atoms with E-state index in [1.165, 1.54) is 0 Å². The molecule has 16 heavy (non-hydrogen) atoms. The molecule has 0 amide bonds. The normalized spacial score (nSPS) is 12.6. The van der Waals surface area contributed by atoms with Crippen LogP contribution in [-0.4, -0.2) is 0 Å². The Morgan fingerprint density at radius 2 is 1.31 bits per heavy atom. The van der Waals surface area contributed by atoms with Gasteiger partial charge < -0.3 is 5.32 Å². The Balaban J connectivity index is 2.17. The number of anilines is 2. The molecule has 1 aliphatic rings. The standard InChI is InChI=1S/C12H7Cl2NS/c13-7-3-1-5-9-11(7)15-12-8(14)4-2-6-10(12)16-9/h1-6,15H. The van der Waals surface area contributed by atoms with Crippen molar-refractivity contribution in [1.82, 2.24) is 0 Å². The van der Waals surface area contributed by atoms with E-state index >= 15 is 0 Å². The molecule has 0 spiro atoms. The predicted molar refractivity (Wildman–Crippen MR) is 70.3 cm³/mol. The summed E-state index contributed by atoms with van der Waals surface area (Å²) in [5, 5.41) is 4.73. The molecule has 2 aromatic rings. The summed E-state index contributed by atoms with van der Waals surface area (Å²) in [5.74, 6) is 0. The molecule has 0 radical (unpaired) electrons. The van der Waals surface area contributed by atoms with Gasteiger partial charge in [-0.25, -0.2) is 0 Å². The third-order valence-electron chi connectivity index (χ3n) is 2.42. The van der Waals surface area contributed by atoms with Gasteiger partial charge in [-0.05, 0) is 24.3 Å². The summed E-state index contributed by atoms with van der Waals surface area (Å²) >= 11 is 14.0. The number of fused-ring (bicyclic) bond motifs is 2. The summed E-state index contributed by atoms with van der Waals surface area (Å²) in [6.45, 7) is 0. The molecule has 1 aliphatic heterocycles. The SMILES string of the molecule is Clc1cccc2c1Nc1c(Cl)cccc1S2. The lowest BCUT2D eigenvalue weighted by atomic mass is 10.2. The first-order chi connectivity index (χ1) is 7.75. The highest BCUT2D eigenvalue weighted by atomic mass is 35.5. The van der Waals surface area contributed by atoms with Crippen molar-refractivity contribution in [3.05, 3.63) is 46.4 Å². The Morgan fingerprint density at radius 1 is 0.812 bits per heavy atom. The molecule has 0 fully saturated rings. The van der Waals surface area contributed by atoms with E-state index in [2.05, 4.69) is 5.32 Å². The first-order valence-corrected chi connectivity index (χ1v) is 6.35. The van der Waals surface area contributed by atoms with E-state index in [1.807, 2.05) is 36.4 Å². The maximum atomic E-state index is 6.14. The fourth-order valence-corrected chi connectivity index (χ4v) is 3.28. The highest BCUT2D eigenvalue weighted by molar-refractivity contribution is 7.99. The van der Waals surface area contributed by atoms with E-state index in [4.69, 9.17) is 23.2 Å². The van der Waals surface area contributed by atoms with Crippen LogP contribution in [-0.2, 0) is 0 Å². The Kier molecular flexibility index (Phi) is 2.51. The molecular formula is C12H7Cl2NS. The van der Waals surface area contributed by atoms with Crippen LogP contribution in [0.3, 0.4) is 0 Å². The van der Waals surface area contributed by atoms with Gasteiger partial charge in [0.05, 0.1) is 21.4 Å². The van der Waals surface area contributed by atoms with Gasteiger partial charge in [-0.2, -0.15) is 0 Å². The fraction of sp³-hybridized carbons (Fsp3) is 0. The van der Waals surface area contributed by atoms with Gasteiger partial charge in [0, 0.05) is 9.79 Å². The Morgan fingerprint density at radius 3 is 1.81 bits per heavy atom. The van der Waals surface area contributed by atoms with Crippen molar-refractivity contribution in [2.24, 2.45) is 0 Å². The summed E-state index contributed by atoms with van der Waals surface area (Å²) in [5.41, 5.74) is 1.88. The van der Waals surface area contributed by atoms with Gasteiger partial charge >= 0.3 is 0 Å². The molecule has 0 saturated heterocycles. The number of rotatable bonds is 0. The third kappa shape index (κ3) is 1.58. The maximum Gasteiger partial charge on any atom is 0.0716 e. The minimum atomic E-state index is 0.718. The average Bonchev–Trinajstić information content (AvgIpc) is 2.28. The van der Waals surface area contributed by atoms with Crippen LogP contribution in [0.15, 0.2) is 46.2 Å². The second-order valence-corrected chi connectivity index (χ2v) is 5.35. The summed E-state index contributed by atoms with van der Waals surface area (Å²) in [4.78, 5) is 2.25. The van der Waals surface area contributed by atoms with Gasteiger partial charge in [0.1, 0.15) is 0 Å². The van der Waals surface area contributed by atoms with Gasteiger partial charge in [0.15, 0.2) is 0 Å². The van der Waals surface area contributed by atoms with E-state index in [0.29, 0.717) is 0 Å². The van der Waals surface area contributed by atoms with Gasteiger partial charge in [-0.1, -0.05) is 47.1 Å². The van der Waals surface area contributed by atoms with E-state index in [9.17, 15) is 0 Å². The van der Waals surface area contributed by atoms with Crippen molar-refractivity contribution in [3.63, 3.8) is 0 Å². The number of para-hydroxylation sites is 2. The predicted octanol–water partition coefficient (Wildman–Crippen LogP) is 5.20. The van der Waals surface area contributed by atoms with Crippen LogP contribution >= 0.6 is 35.0 Å². The molecule has 1 N–H and O–H groups in total. The van der Waals surface area contributed by atoms with E-state index in [1.54, 1.807) is 11.8 Å². The molecule has 3 rings (SSSR count). The minimum Gasteiger partial charge on any atom is -0.351 e.